The van der Waals surface area contributed by atoms with Gasteiger partial charge < -0.3 is 5.11 Å². The second-order valence-electron chi connectivity index (χ2n) is 0.912. The van der Waals surface area contributed by atoms with Gasteiger partial charge in [0, 0.05) is 0 Å². The molecule has 0 heterocycles. The molecule has 0 aromatic heterocycles. The Hall–Kier alpha value is 0.430. The van der Waals surface area contributed by atoms with Crippen LogP contribution in [0.25, 0.3) is 0 Å². The van der Waals surface area contributed by atoms with Crippen LogP contribution in [-0.2, 0) is 10.1 Å². The van der Waals surface area contributed by atoms with Gasteiger partial charge in [-0.25, -0.2) is 0 Å². The molecule has 0 aromatic carbocycles. The number of hydrogen-bond donors (Lipinski definition) is 2. The first-order valence-electron chi connectivity index (χ1n) is 1.64. The molecule has 0 aromatic rings. The van der Waals surface area contributed by atoms with Gasteiger partial charge in [0.25, 0.3) is 0 Å². The van der Waals surface area contributed by atoms with Crippen LogP contribution in [0, 0.1) is 11.2 Å². The van der Waals surface area contributed by atoms with Crippen LogP contribution in [0.5, 0.6) is 0 Å². The third-order valence-electron chi connectivity index (χ3n) is 0.280. The summed E-state index contributed by atoms with van der Waals surface area (Å²) in [7, 11) is -4.21. The van der Waals surface area contributed by atoms with Gasteiger partial charge >= 0.3 is 39.7 Å². The standard InChI is InChI=1S/C3H4O4S.Na.H/c4-2-1-3-8(5,6)7;;/h4H,2H2,(H,5,6,7);;. The first-order chi connectivity index (χ1) is 3.56. The van der Waals surface area contributed by atoms with E-state index in [9.17, 15) is 8.42 Å². The summed E-state index contributed by atoms with van der Waals surface area (Å²) in [5, 5.41) is 9.28. The number of rotatable bonds is 0. The van der Waals surface area contributed by atoms with Gasteiger partial charge in [-0.1, -0.05) is 5.92 Å². The summed E-state index contributed by atoms with van der Waals surface area (Å²) < 4.78 is 27.2. The molecule has 0 bridgehead atoms. The first-order valence-corrected chi connectivity index (χ1v) is 3.08. The average Bonchev–Trinajstić information content (AvgIpc) is 1.59. The second kappa shape index (κ2) is 5.23. The van der Waals surface area contributed by atoms with Crippen LogP contribution in [0.2, 0.25) is 0 Å². The Morgan fingerprint density at radius 2 is 1.89 bits per heavy atom. The normalized spacial score (nSPS) is 8.67. The molecule has 0 unspecified atom stereocenters. The number of hydrogen-bond acceptors (Lipinski definition) is 3. The summed E-state index contributed by atoms with van der Waals surface area (Å²) in [4.78, 5) is 0. The van der Waals surface area contributed by atoms with E-state index in [2.05, 4.69) is 0 Å². The van der Waals surface area contributed by atoms with Crippen molar-refractivity contribution in [3.05, 3.63) is 0 Å². The van der Waals surface area contributed by atoms with E-state index in [1.807, 2.05) is 0 Å². The fraction of sp³-hybridized carbons (Fsp3) is 0.333. The summed E-state index contributed by atoms with van der Waals surface area (Å²) in [5.74, 6) is 1.76. The van der Waals surface area contributed by atoms with Gasteiger partial charge in [0.1, 0.15) is 6.61 Å². The minimum atomic E-state index is -4.21. The Morgan fingerprint density at radius 3 is 2.00 bits per heavy atom. The Balaban J connectivity index is 0. The molecular formula is C3H5NaO4S. The predicted octanol–water partition coefficient (Wildman–Crippen LogP) is -1.82. The third-order valence-corrected chi connectivity index (χ3v) is 0.682. The van der Waals surface area contributed by atoms with Crippen molar-refractivity contribution in [2.24, 2.45) is 0 Å². The maximum absolute atomic E-state index is 9.66. The monoisotopic (exact) mass is 160 g/mol. The van der Waals surface area contributed by atoms with Crippen LogP contribution in [0.15, 0.2) is 0 Å². The quantitative estimate of drug-likeness (QED) is 0.248. The van der Waals surface area contributed by atoms with Gasteiger partial charge in [-0.2, -0.15) is 8.42 Å². The van der Waals surface area contributed by atoms with Crippen LogP contribution in [0.1, 0.15) is 0 Å². The molecule has 0 atom stereocenters. The molecule has 9 heavy (non-hydrogen) atoms. The molecule has 0 aliphatic heterocycles. The van der Waals surface area contributed by atoms with E-state index in [0.29, 0.717) is 0 Å². The molecular weight excluding hydrogens is 155 g/mol. The van der Waals surface area contributed by atoms with Crippen molar-refractivity contribution in [2.45, 2.75) is 0 Å². The summed E-state index contributed by atoms with van der Waals surface area (Å²) >= 11 is 0. The van der Waals surface area contributed by atoms with Gasteiger partial charge in [0.05, 0.1) is 5.25 Å². The molecule has 0 spiro atoms. The second-order valence-corrected chi connectivity index (χ2v) is 2.07. The maximum atomic E-state index is 9.66. The van der Waals surface area contributed by atoms with Gasteiger partial charge in [0.2, 0.25) is 0 Å². The van der Waals surface area contributed by atoms with Crippen molar-refractivity contribution in [3.63, 3.8) is 0 Å². The molecule has 0 amide bonds. The van der Waals surface area contributed by atoms with E-state index in [0.717, 1.165) is 0 Å². The Kier molecular flexibility index (Phi) is 7.06. The van der Waals surface area contributed by atoms with E-state index in [-0.39, 0.29) is 29.6 Å². The van der Waals surface area contributed by atoms with E-state index >= 15 is 0 Å². The molecule has 0 fully saturated rings. The molecule has 0 aliphatic carbocycles. The Morgan fingerprint density at radius 1 is 1.44 bits per heavy atom. The zero-order valence-corrected chi connectivity index (χ0v) is 4.64. The van der Waals surface area contributed by atoms with Crippen LogP contribution in [0.4, 0.5) is 0 Å². The van der Waals surface area contributed by atoms with E-state index < -0.39 is 16.7 Å². The minimum absolute atomic E-state index is 0. The fourth-order valence-electron chi connectivity index (χ4n) is 0.123. The number of aliphatic hydroxyl groups excluding tert-OH is 1. The van der Waals surface area contributed by atoms with Gasteiger partial charge in [-0.05, 0) is 0 Å². The zero-order valence-electron chi connectivity index (χ0n) is 3.83. The predicted molar refractivity (Wildman–Crippen MR) is 33.6 cm³/mol. The molecule has 0 radical (unpaired) electrons. The van der Waals surface area contributed by atoms with Crippen molar-refractivity contribution in [1.82, 2.24) is 0 Å². The van der Waals surface area contributed by atoms with E-state index in [1.165, 1.54) is 5.25 Å². The molecule has 48 valence electrons. The summed E-state index contributed by atoms with van der Waals surface area (Å²) in [6, 6.07) is 0. The van der Waals surface area contributed by atoms with Gasteiger partial charge in [-0.3, -0.25) is 4.55 Å². The van der Waals surface area contributed by atoms with Crippen molar-refractivity contribution in [1.29, 1.82) is 0 Å². The number of aliphatic hydroxyl groups is 1. The zero-order chi connectivity index (χ0) is 6.62. The molecule has 0 saturated heterocycles. The molecule has 0 aliphatic rings. The summed E-state index contributed by atoms with van der Waals surface area (Å²) in [6.07, 6.45) is 0. The topological polar surface area (TPSA) is 74.6 Å². The summed E-state index contributed by atoms with van der Waals surface area (Å²) in [6.45, 7) is -0.570. The molecule has 0 saturated carbocycles. The van der Waals surface area contributed by atoms with E-state index in [4.69, 9.17) is 9.66 Å². The van der Waals surface area contributed by atoms with Crippen LogP contribution >= 0.6 is 0 Å². The summed E-state index contributed by atoms with van der Waals surface area (Å²) in [5.41, 5.74) is 0. The van der Waals surface area contributed by atoms with Crippen molar-refractivity contribution >= 4 is 39.7 Å². The van der Waals surface area contributed by atoms with Crippen LogP contribution in [0.3, 0.4) is 0 Å². The molecule has 4 nitrogen and oxygen atoms in total. The molecule has 0 rings (SSSR count). The van der Waals surface area contributed by atoms with Crippen LogP contribution in [-0.4, -0.2) is 54.2 Å². The van der Waals surface area contributed by atoms with Crippen molar-refractivity contribution in [3.8, 4) is 11.2 Å². The first kappa shape index (κ1) is 12.1. The van der Waals surface area contributed by atoms with Crippen molar-refractivity contribution < 1.29 is 18.1 Å². The average molecular weight is 160 g/mol. The Bertz CT molecular complexity index is 208. The van der Waals surface area contributed by atoms with Gasteiger partial charge in [-0.15, -0.1) is 0 Å². The SMILES string of the molecule is O=S(=O)(O)C#CCO.[NaH]. The van der Waals surface area contributed by atoms with Gasteiger partial charge in [0.15, 0.2) is 0 Å². The molecule has 2 N–H and O–H groups in total. The van der Waals surface area contributed by atoms with Crippen molar-refractivity contribution in [2.75, 3.05) is 6.61 Å². The Labute approximate surface area is 75.3 Å². The fourth-order valence-corrected chi connectivity index (χ4v) is 0.370. The van der Waals surface area contributed by atoms with E-state index in [1.54, 1.807) is 5.92 Å². The molecule has 6 heteroatoms. The third kappa shape index (κ3) is 11.8. The van der Waals surface area contributed by atoms with Crippen LogP contribution < -0.4 is 0 Å².